The van der Waals surface area contributed by atoms with Crippen molar-refractivity contribution in [2.24, 2.45) is 0 Å². The van der Waals surface area contributed by atoms with Gasteiger partial charge in [-0.15, -0.1) is 0 Å². The maximum Gasteiger partial charge on any atom is 4.00 e. The Morgan fingerprint density at radius 1 is 0.667 bits per heavy atom. The Balaban J connectivity index is -0.0000000457. The SMILES string of the molecule is O.O=S(=O)([O-])[O-].O=S(=O)([O-])[O-].[Cu+4]. The molecule has 0 aliphatic rings. The van der Waals surface area contributed by atoms with Crippen molar-refractivity contribution in [1.82, 2.24) is 0 Å². The van der Waals surface area contributed by atoms with Gasteiger partial charge in [-0.1, -0.05) is 0 Å². The molecule has 0 amide bonds. The second-order valence-electron chi connectivity index (χ2n) is 0.816. The van der Waals surface area contributed by atoms with Crippen LogP contribution >= 0.6 is 0 Å². The van der Waals surface area contributed by atoms with E-state index in [-0.39, 0.29) is 22.5 Å². The summed E-state index contributed by atoms with van der Waals surface area (Å²) in [4.78, 5) is 0. The van der Waals surface area contributed by atoms with Crippen molar-refractivity contribution in [2.75, 3.05) is 0 Å². The molecule has 0 unspecified atom stereocenters. The van der Waals surface area contributed by atoms with Crippen molar-refractivity contribution in [3.63, 3.8) is 0 Å². The van der Waals surface area contributed by atoms with E-state index in [1.54, 1.807) is 0 Å². The first-order chi connectivity index (χ1) is 4.00. The van der Waals surface area contributed by atoms with E-state index in [0.717, 1.165) is 0 Å². The first-order valence-corrected chi connectivity index (χ1v) is 4.00. The zero-order chi connectivity index (χ0) is 9.00. The summed E-state index contributed by atoms with van der Waals surface area (Å²) in [6, 6.07) is 0. The molecule has 0 aliphatic carbocycles. The molecule has 0 aromatic carbocycles. The molecule has 0 spiro atoms. The molecular weight excluding hydrogens is 272 g/mol. The Kier molecular flexibility index (Phi) is 14.9. The minimum Gasteiger partial charge on any atom is -0.759 e. The van der Waals surface area contributed by atoms with E-state index in [2.05, 4.69) is 0 Å². The standard InChI is InChI=1S/Cu.2H2O4S.H2O/c;2*1-5(2,3)4;/h;2*(H2,1,2,3,4);1H2/q+4;;;/p-4. The Bertz CT molecular complexity index is 209. The van der Waals surface area contributed by atoms with Crippen LogP contribution in [0.5, 0.6) is 0 Å². The van der Waals surface area contributed by atoms with Crippen LogP contribution in [0.2, 0.25) is 0 Å². The van der Waals surface area contributed by atoms with Crippen molar-refractivity contribution >= 4 is 20.8 Å². The van der Waals surface area contributed by atoms with Crippen LogP contribution in [-0.2, 0) is 37.9 Å². The molecule has 0 aromatic heterocycles. The van der Waals surface area contributed by atoms with Crippen LogP contribution in [0.1, 0.15) is 0 Å². The van der Waals surface area contributed by atoms with Gasteiger partial charge < -0.3 is 23.7 Å². The molecule has 1 radical (unpaired) electrons. The summed E-state index contributed by atoms with van der Waals surface area (Å²) in [7, 11) is -10.3. The average Bonchev–Trinajstić information content (AvgIpc) is 1.12. The van der Waals surface area contributed by atoms with Crippen LogP contribution in [-0.4, -0.2) is 40.5 Å². The van der Waals surface area contributed by atoms with Crippen LogP contribution in [0.3, 0.4) is 0 Å². The topological polar surface area (TPSA) is 192 Å². The number of rotatable bonds is 0. The number of hydrogen-bond donors (Lipinski definition) is 0. The maximum atomic E-state index is 8.52. The maximum absolute atomic E-state index is 8.52. The van der Waals surface area contributed by atoms with Gasteiger partial charge in [0.2, 0.25) is 0 Å². The normalized spacial score (nSPS) is 9.67. The Morgan fingerprint density at radius 3 is 0.667 bits per heavy atom. The summed E-state index contributed by atoms with van der Waals surface area (Å²) in [6.07, 6.45) is 0. The summed E-state index contributed by atoms with van der Waals surface area (Å²) < 4.78 is 68.2. The zero-order valence-corrected chi connectivity index (χ0v) is 7.46. The molecule has 0 saturated carbocycles. The van der Waals surface area contributed by atoms with Gasteiger partial charge in [-0.2, -0.15) is 0 Å². The Labute approximate surface area is 78.7 Å². The third-order valence-corrected chi connectivity index (χ3v) is 0. The van der Waals surface area contributed by atoms with Crippen molar-refractivity contribution in [3.05, 3.63) is 0 Å². The molecule has 0 saturated heterocycles. The van der Waals surface area contributed by atoms with E-state index >= 15 is 0 Å². The quantitative estimate of drug-likeness (QED) is 0.246. The van der Waals surface area contributed by atoms with E-state index in [0.29, 0.717) is 0 Å². The summed E-state index contributed by atoms with van der Waals surface area (Å²) in [5, 5.41) is 0. The van der Waals surface area contributed by atoms with E-state index in [1.807, 2.05) is 0 Å². The fraction of sp³-hybridized carbons (Fsp3) is 0. The molecule has 9 nitrogen and oxygen atoms in total. The second kappa shape index (κ2) is 7.85. The van der Waals surface area contributed by atoms with Crippen LogP contribution in [0.4, 0.5) is 0 Å². The fourth-order valence-electron chi connectivity index (χ4n) is 0. The predicted molar refractivity (Wildman–Crippen MR) is 24.6 cm³/mol. The summed E-state index contributed by atoms with van der Waals surface area (Å²) in [5.41, 5.74) is 0. The van der Waals surface area contributed by atoms with E-state index < -0.39 is 20.8 Å². The molecule has 2 N–H and O–H groups in total. The third kappa shape index (κ3) is 18000. The largest absolute Gasteiger partial charge is 4.00 e. The summed E-state index contributed by atoms with van der Waals surface area (Å²) in [6.45, 7) is 0. The van der Waals surface area contributed by atoms with Crippen LogP contribution in [0.15, 0.2) is 0 Å². The van der Waals surface area contributed by atoms with Crippen LogP contribution in [0, 0.1) is 0 Å². The van der Waals surface area contributed by atoms with Crippen LogP contribution < -0.4 is 0 Å². The molecule has 0 rings (SSSR count). The van der Waals surface area contributed by atoms with E-state index in [1.165, 1.54) is 0 Å². The van der Waals surface area contributed by atoms with Crippen molar-refractivity contribution in [3.8, 4) is 0 Å². The van der Waals surface area contributed by atoms with E-state index in [9.17, 15) is 0 Å². The second-order valence-corrected chi connectivity index (χ2v) is 2.45. The molecule has 0 fully saturated rings. The van der Waals surface area contributed by atoms with Crippen LogP contribution in [0.25, 0.3) is 0 Å². The zero-order valence-electron chi connectivity index (χ0n) is 4.88. The number of hydrogen-bond acceptors (Lipinski definition) is 8. The molecule has 12 heteroatoms. The third-order valence-electron chi connectivity index (χ3n) is 0. The summed E-state index contributed by atoms with van der Waals surface area (Å²) >= 11 is 0. The van der Waals surface area contributed by atoms with Gasteiger partial charge in [-0.05, 0) is 0 Å². The van der Waals surface area contributed by atoms with Crippen molar-refractivity contribution < 1.29 is 57.6 Å². The monoisotopic (exact) mass is 273 g/mol. The van der Waals surface area contributed by atoms with Gasteiger partial charge in [0.1, 0.15) is 0 Å². The fourth-order valence-corrected chi connectivity index (χ4v) is 0. The van der Waals surface area contributed by atoms with Gasteiger partial charge in [0, 0.05) is 20.8 Å². The molecule has 0 aliphatic heterocycles. The molecule has 0 heterocycles. The molecule has 0 aromatic rings. The smallest absolute Gasteiger partial charge is 0.759 e. The van der Waals surface area contributed by atoms with Gasteiger partial charge in [0.05, 0.1) is 0 Å². The average molecular weight is 274 g/mol. The van der Waals surface area contributed by atoms with E-state index in [4.69, 9.17) is 35.0 Å². The molecular formula is H2CuO9S2. The minimum atomic E-state index is -5.17. The molecule has 0 atom stereocenters. The molecule has 12 heavy (non-hydrogen) atoms. The Morgan fingerprint density at radius 2 is 0.667 bits per heavy atom. The Hall–Kier alpha value is 0.219. The summed E-state index contributed by atoms with van der Waals surface area (Å²) in [5.74, 6) is 0. The predicted octanol–water partition coefficient (Wildman–Crippen LogP) is -3.50. The molecule has 79 valence electrons. The van der Waals surface area contributed by atoms with Gasteiger partial charge in [0.15, 0.2) is 0 Å². The van der Waals surface area contributed by atoms with Gasteiger partial charge in [-0.25, -0.2) is 0 Å². The van der Waals surface area contributed by atoms with Gasteiger partial charge in [0.25, 0.3) is 0 Å². The minimum absolute atomic E-state index is 0. The van der Waals surface area contributed by atoms with Gasteiger partial charge >= 0.3 is 17.1 Å². The van der Waals surface area contributed by atoms with Crippen molar-refractivity contribution in [1.29, 1.82) is 0 Å². The first kappa shape index (κ1) is 22.8. The van der Waals surface area contributed by atoms with Gasteiger partial charge in [-0.3, -0.25) is 16.8 Å². The first-order valence-electron chi connectivity index (χ1n) is 1.33. The molecule has 0 bridgehead atoms. The van der Waals surface area contributed by atoms with Crippen molar-refractivity contribution in [2.45, 2.75) is 0 Å².